The van der Waals surface area contributed by atoms with Gasteiger partial charge in [0.2, 0.25) is 0 Å². The first kappa shape index (κ1) is 20.8. The van der Waals surface area contributed by atoms with Gasteiger partial charge in [0.1, 0.15) is 0 Å². The van der Waals surface area contributed by atoms with E-state index < -0.39 is 16.7 Å². The second-order valence-corrected chi connectivity index (χ2v) is 7.12. The second-order valence-electron chi connectivity index (χ2n) is 6.71. The molecule has 0 saturated heterocycles. The summed E-state index contributed by atoms with van der Waals surface area (Å²) in [4.78, 5) is 52.4. The van der Waals surface area contributed by atoms with E-state index in [-0.39, 0.29) is 33.2 Å². The van der Waals surface area contributed by atoms with Crippen LogP contribution in [-0.4, -0.2) is 26.7 Å². The van der Waals surface area contributed by atoms with Gasteiger partial charge in [-0.2, -0.15) is 0 Å². The van der Waals surface area contributed by atoms with Gasteiger partial charge < -0.3 is 20.6 Å². The summed E-state index contributed by atoms with van der Waals surface area (Å²) in [5.41, 5.74) is 1.39. The summed E-state index contributed by atoms with van der Waals surface area (Å²) in [6, 6.07) is 14.7. The van der Waals surface area contributed by atoms with Crippen LogP contribution < -0.4 is 16.3 Å². The van der Waals surface area contributed by atoms with Crippen molar-refractivity contribution in [2.75, 3.05) is 10.6 Å². The molecule has 11 heteroatoms. The highest BCUT2D eigenvalue weighted by Gasteiger charge is 2.18. The normalized spacial score (nSPS) is 10.7. The third-order valence-corrected chi connectivity index (χ3v) is 4.91. The Kier molecular flexibility index (Phi) is 5.44. The number of nitro groups is 1. The van der Waals surface area contributed by atoms with Crippen LogP contribution >= 0.6 is 11.6 Å². The molecule has 1 aromatic heterocycles. The minimum absolute atomic E-state index is 0.0225. The molecule has 4 N–H and O–H groups in total. The summed E-state index contributed by atoms with van der Waals surface area (Å²) in [7, 11) is 0. The third kappa shape index (κ3) is 4.20. The maximum absolute atomic E-state index is 12.8. The van der Waals surface area contributed by atoms with Gasteiger partial charge in [0.15, 0.2) is 0 Å². The molecule has 4 aromatic rings. The molecule has 1 heterocycles. The predicted molar refractivity (Wildman–Crippen MR) is 119 cm³/mol. The summed E-state index contributed by atoms with van der Waals surface area (Å²) in [5, 5.41) is 16.1. The minimum atomic E-state index is -0.628. The number of carbonyl (C=O) groups is 2. The van der Waals surface area contributed by atoms with E-state index in [0.29, 0.717) is 16.7 Å². The van der Waals surface area contributed by atoms with Gasteiger partial charge in [-0.15, -0.1) is 0 Å². The smallest absolute Gasteiger partial charge is 0.322 e. The zero-order valence-corrected chi connectivity index (χ0v) is 16.9. The number of hydrogen-bond acceptors (Lipinski definition) is 5. The van der Waals surface area contributed by atoms with Gasteiger partial charge >= 0.3 is 5.69 Å². The fourth-order valence-corrected chi connectivity index (χ4v) is 3.35. The molecule has 3 aromatic carbocycles. The molecule has 0 atom stereocenters. The number of nitrogens with one attached hydrogen (secondary N) is 4. The molecule has 0 aliphatic rings. The maximum atomic E-state index is 12.8. The number of benzene rings is 3. The van der Waals surface area contributed by atoms with Gasteiger partial charge in [-0.1, -0.05) is 23.7 Å². The SMILES string of the molecule is O=C(Nc1ccccc1C(=O)Nc1ccc2[nH]c(=O)[nH]c2c1)c1ccc([N+](=O)[O-])cc1Cl. The number of nitro benzene ring substituents is 1. The molecule has 0 radical (unpaired) electrons. The highest BCUT2D eigenvalue weighted by Crippen LogP contribution is 2.25. The number of para-hydroxylation sites is 1. The van der Waals surface area contributed by atoms with Gasteiger partial charge in [-0.25, -0.2) is 4.79 Å². The number of fused-ring (bicyclic) bond motifs is 1. The number of rotatable bonds is 5. The minimum Gasteiger partial charge on any atom is -0.322 e. The molecule has 0 unspecified atom stereocenters. The summed E-state index contributed by atoms with van der Waals surface area (Å²) in [6.45, 7) is 0. The van der Waals surface area contributed by atoms with Crippen molar-refractivity contribution in [1.29, 1.82) is 0 Å². The van der Waals surface area contributed by atoms with Gasteiger partial charge in [0, 0.05) is 17.8 Å². The van der Waals surface area contributed by atoms with Crippen LogP contribution in [0.1, 0.15) is 20.7 Å². The zero-order valence-electron chi connectivity index (χ0n) is 16.1. The van der Waals surface area contributed by atoms with Gasteiger partial charge in [-0.05, 0) is 36.4 Å². The average Bonchev–Trinajstić information content (AvgIpc) is 3.13. The van der Waals surface area contributed by atoms with Crippen LogP contribution in [0.2, 0.25) is 5.02 Å². The lowest BCUT2D eigenvalue weighted by Gasteiger charge is -2.12. The Labute approximate surface area is 184 Å². The third-order valence-electron chi connectivity index (χ3n) is 4.60. The molecule has 2 amide bonds. The van der Waals surface area contributed by atoms with E-state index in [0.717, 1.165) is 6.07 Å². The Bertz CT molecular complexity index is 1440. The number of aromatic amines is 2. The topological polar surface area (TPSA) is 150 Å². The first-order valence-corrected chi connectivity index (χ1v) is 9.57. The van der Waals surface area contributed by atoms with Gasteiger partial charge in [0.25, 0.3) is 17.5 Å². The Morgan fingerprint density at radius 2 is 1.59 bits per heavy atom. The predicted octanol–water partition coefficient (Wildman–Crippen LogP) is 3.92. The Hall–Kier alpha value is -4.44. The van der Waals surface area contributed by atoms with Gasteiger partial charge in [0.05, 0.1) is 37.8 Å². The zero-order chi connectivity index (χ0) is 22.8. The summed E-state index contributed by atoms with van der Waals surface area (Å²) in [5.74, 6) is -1.12. The Morgan fingerprint density at radius 3 is 2.34 bits per heavy atom. The number of aromatic nitrogens is 2. The summed E-state index contributed by atoms with van der Waals surface area (Å²) >= 11 is 6.02. The van der Waals surface area contributed by atoms with Crippen LogP contribution in [-0.2, 0) is 0 Å². The maximum Gasteiger partial charge on any atom is 0.323 e. The highest BCUT2D eigenvalue weighted by atomic mass is 35.5. The van der Waals surface area contributed by atoms with Crippen molar-refractivity contribution in [3.63, 3.8) is 0 Å². The largest absolute Gasteiger partial charge is 0.323 e. The molecule has 0 aliphatic heterocycles. The van der Waals surface area contributed by atoms with Crippen molar-refractivity contribution in [3.05, 3.63) is 97.4 Å². The first-order chi connectivity index (χ1) is 15.3. The van der Waals surface area contributed by atoms with Crippen molar-refractivity contribution in [3.8, 4) is 0 Å². The molecule has 0 fully saturated rings. The number of carbonyl (C=O) groups excluding carboxylic acids is 2. The molecule has 4 rings (SSSR count). The van der Waals surface area contributed by atoms with Crippen LogP contribution in [0.25, 0.3) is 11.0 Å². The van der Waals surface area contributed by atoms with Crippen molar-refractivity contribution >= 4 is 51.5 Å². The first-order valence-electron chi connectivity index (χ1n) is 9.19. The number of halogens is 1. The molecule has 32 heavy (non-hydrogen) atoms. The van der Waals surface area contributed by atoms with E-state index in [9.17, 15) is 24.5 Å². The molecule has 0 spiro atoms. The highest BCUT2D eigenvalue weighted by molar-refractivity contribution is 6.34. The standard InChI is InChI=1S/C21H14ClN5O5/c22-15-10-12(27(31)32)6-7-13(15)19(28)24-16-4-2-1-3-14(16)20(29)23-11-5-8-17-18(9-11)26-21(30)25-17/h1-10H,(H,23,29)(H,24,28)(H2,25,26,30). The quantitative estimate of drug-likeness (QED) is 0.268. The lowest BCUT2D eigenvalue weighted by Crippen LogP contribution is -2.18. The van der Waals surface area contributed by atoms with Crippen molar-refractivity contribution < 1.29 is 14.5 Å². The number of imidazole rings is 1. The number of nitrogens with zero attached hydrogens (tertiary/aromatic N) is 1. The number of H-pyrrole nitrogens is 2. The van der Waals surface area contributed by atoms with Crippen molar-refractivity contribution in [2.45, 2.75) is 0 Å². The van der Waals surface area contributed by atoms with E-state index in [2.05, 4.69) is 20.6 Å². The van der Waals surface area contributed by atoms with Crippen molar-refractivity contribution in [2.24, 2.45) is 0 Å². The van der Waals surface area contributed by atoms with E-state index in [1.807, 2.05) is 0 Å². The number of non-ortho nitro benzene ring substituents is 1. The average molecular weight is 452 g/mol. The molecule has 0 saturated carbocycles. The van der Waals surface area contributed by atoms with Crippen LogP contribution in [0.15, 0.2) is 65.5 Å². The number of anilines is 2. The fourth-order valence-electron chi connectivity index (χ4n) is 3.09. The van der Waals surface area contributed by atoms with Gasteiger partial charge in [-0.3, -0.25) is 19.7 Å². The fraction of sp³-hybridized carbons (Fsp3) is 0. The summed E-state index contributed by atoms with van der Waals surface area (Å²) in [6.07, 6.45) is 0. The van der Waals surface area contributed by atoms with E-state index in [4.69, 9.17) is 11.6 Å². The van der Waals surface area contributed by atoms with Crippen molar-refractivity contribution in [1.82, 2.24) is 9.97 Å². The van der Waals surface area contributed by atoms with Crippen LogP contribution in [0.5, 0.6) is 0 Å². The van der Waals surface area contributed by atoms with E-state index >= 15 is 0 Å². The van der Waals surface area contributed by atoms with Crippen LogP contribution in [0.4, 0.5) is 17.1 Å². The lowest BCUT2D eigenvalue weighted by molar-refractivity contribution is -0.384. The Balaban J connectivity index is 1.56. The molecule has 160 valence electrons. The van der Waals surface area contributed by atoms with E-state index in [1.54, 1.807) is 36.4 Å². The number of amides is 2. The Morgan fingerprint density at radius 1 is 0.875 bits per heavy atom. The van der Waals surface area contributed by atoms with Crippen LogP contribution in [0.3, 0.4) is 0 Å². The van der Waals surface area contributed by atoms with E-state index in [1.165, 1.54) is 18.2 Å². The molecular formula is C21H14ClN5O5. The molecule has 10 nitrogen and oxygen atoms in total. The molecule has 0 aliphatic carbocycles. The summed E-state index contributed by atoms with van der Waals surface area (Å²) < 4.78 is 0. The molecule has 0 bridgehead atoms. The monoisotopic (exact) mass is 451 g/mol. The second kappa shape index (κ2) is 8.36. The van der Waals surface area contributed by atoms with Crippen LogP contribution in [0, 0.1) is 10.1 Å². The lowest BCUT2D eigenvalue weighted by atomic mass is 10.1. The number of hydrogen-bond donors (Lipinski definition) is 4. The molecular weight excluding hydrogens is 438 g/mol.